The van der Waals surface area contributed by atoms with Crippen LogP contribution < -0.4 is 4.72 Å². The van der Waals surface area contributed by atoms with E-state index < -0.39 is 10.0 Å². The molecule has 1 saturated heterocycles. The van der Waals surface area contributed by atoms with E-state index in [1.54, 1.807) is 36.7 Å². The number of aromatic nitrogens is 1. The van der Waals surface area contributed by atoms with Gasteiger partial charge in [0, 0.05) is 18.1 Å². The highest BCUT2D eigenvalue weighted by atomic mass is 32.2. The number of hydrogen-bond acceptors (Lipinski definition) is 5. The van der Waals surface area contributed by atoms with E-state index in [9.17, 15) is 8.42 Å². The fraction of sp³-hybridized carbons (Fsp3) is 0.350. The third-order valence-corrected chi connectivity index (χ3v) is 6.62. The van der Waals surface area contributed by atoms with Crippen molar-refractivity contribution in [2.24, 2.45) is 0 Å². The van der Waals surface area contributed by atoms with E-state index in [2.05, 4.69) is 14.6 Å². The van der Waals surface area contributed by atoms with E-state index in [4.69, 9.17) is 4.42 Å². The fourth-order valence-corrected chi connectivity index (χ4v) is 4.97. The first-order chi connectivity index (χ1) is 13.1. The number of fused-ring (bicyclic) bond motifs is 1. The number of sulfonamides is 1. The average molecular weight is 385 g/mol. The summed E-state index contributed by atoms with van der Waals surface area (Å²) in [5.74, 6) is 0.787. The Labute approximate surface area is 159 Å². The molecule has 0 aliphatic carbocycles. The van der Waals surface area contributed by atoms with Gasteiger partial charge in [-0.05, 0) is 68.8 Å². The van der Waals surface area contributed by atoms with Gasteiger partial charge in [-0.25, -0.2) is 13.1 Å². The summed E-state index contributed by atoms with van der Waals surface area (Å²) in [6.45, 7) is 4.10. The molecule has 1 aromatic carbocycles. The lowest BCUT2D eigenvalue weighted by atomic mass is 10.1. The van der Waals surface area contributed by atoms with Crippen LogP contribution in [0.15, 0.2) is 58.2 Å². The molecule has 142 valence electrons. The second-order valence-electron chi connectivity index (χ2n) is 6.91. The maximum Gasteiger partial charge on any atom is 0.241 e. The van der Waals surface area contributed by atoms with Crippen molar-refractivity contribution >= 4 is 20.9 Å². The Kier molecular flexibility index (Phi) is 4.99. The van der Waals surface area contributed by atoms with Gasteiger partial charge in [0.15, 0.2) is 0 Å². The van der Waals surface area contributed by atoms with Crippen molar-refractivity contribution < 1.29 is 12.8 Å². The fourth-order valence-electron chi connectivity index (χ4n) is 3.73. The Balaban J connectivity index is 1.62. The summed E-state index contributed by atoms with van der Waals surface area (Å²) in [7, 11) is -3.68. The first-order valence-electron chi connectivity index (χ1n) is 9.18. The molecule has 6 nitrogen and oxygen atoms in total. The van der Waals surface area contributed by atoms with Gasteiger partial charge in [-0.1, -0.05) is 6.07 Å². The normalized spacial score (nSPS) is 16.8. The second kappa shape index (κ2) is 7.42. The molecule has 0 spiro atoms. The van der Waals surface area contributed by atoms with Gasteiger partial charge in [0.25, 0.3) is 0 Å². The zero-order valence-corrected chi connectivity index (χ0v) is 16.1. The highest BCUT2D eigenvalue weighted by molar-refractivity contribution is 7.89. The maximum absolute atomic E-state index is 13.1. The number of aryl methyl sites for hydroxylation is 1. The number of nitrogens with zero attached hydrogens (tertiary/aromatic N) is 2. The molecular weight excluding hydrogens is 362 g/mol. The SMILES string of the molecule is Cc1ccc(S(=O)(=O)NCC(c2ccco2)N2CCCC2)c2cccnc12. The zero-order valence-electron chi connectivity index (χ0n) is 15.3. The van der Waals surface area contributed by atoms with Gasteiger partial charge in [-0.3, -0.25) is 9.88 Å². The molecule has 1 aliphatic heterocycles. The van der Waals surface area contributed by atoms with Crippen LogP contribution >= 0.6 is 0 Å². The van der Waals surface area contributed by atoms with Crippen molar-refractivity contribution in [3.8, 4) is 0 Å². The van der Waals surface area contributed by atoms with Crippen molar-refractivity contribution in [3.63, 3.8) is 0 Å². The summed E-state index contributed by atoms with van der Waals surface area (Å²) in [5.41, 5.74) is 1.66. The van der Waals surface area contributed by atoms with E-state index in [0.29, 0.717) is 10.9 Å². The minimum atomic E-state index is -3.68. The summed E-state index contributed by atoms with van der Waals surface area (Å²) in [4.78, 5) is 6.87. The van der Waals surface area contributed by atoms with Gasteiger partial charge in [0.05, 0.1) is 22.7 Å². The molecule has 0 radical (unpaired) electrons. The Bertz CT molecular complexity index is 1030. The first kappa shape index (κ1) is 18.2. The molecule has 27 heavy (non-hydrogen) atoms. The molecule has 3 aromatic rings. The first-order valence-corrected chi connectivity index (χ1v) is 10.7. The van der Waals surface area contributed by atoms with Gasteiger partial charge in [-0.15, -0.1) is 0 Å². The smallest absolute Gasteiger partial charge is 0.241 e. The number of pyridine rings is 1. The van der Waals surface area contributed by atoms with Gasteiger partial charge in [-0.2, -0.15) is 0 Å². The largest absolute Gasteiger partial charge is 0.468 e. The molecule has 1 N–H and O–H groups in total. The van der Waals surface area contributed by atoms with E-state index in [0.717, 1.165) is 37.3 Å². The molecule has 1 atom stereocenters. The predicted molar refractivity (Wildman–Crippen MR) is 104 cm³/mol. The summed E-state index contributed by atoms with van der Waals surface area (Å²) in [6, 6.07) is 10.7. The molecule has 2 aromatic heterocycles. The topological polar surface area (TPSA) is 75.4 Å². The zero-order chi connectivity index (χ0) is 18.9. The van der Waals surface area contributed by atoms with Crippen molar-refractivity contribution in [2.45, 2.75) is 30.7 Å². The van der Waals surface area contributed by atoms with Crippen LogP contribution in [0.25, 0.3) is 10.9 Å². The lowest BCUT2D eigenvalue weighted by Crippen LogP contribution is -2.36. The molecule has 0 amide bonds. The maximum atomic E-state index is 13.1. The highest BCUT2D eigenvalue weighted by Gasteiger charge is 2.28. The molecule has 1 fully saturated rings. The lowest BCUT2D eigenvalue weighted by Gasteiger charge is -2.26. The summed E-state index contributed by atoms with van der Waals surface area (Å²) < 4.78 is 34.5. The molecule has 0 saturated carbocycles. The number of furan rings is 1. The van der Waals surface area contributed by atoms with Gasteiger partial charge < -0.3 is 4.42 Å². The Morgan fingerprint density at radius 3 is 2.74 bits per heavy atom. The van der Waals surface area contributed by atoms with Crippen LogP contribution in [0.1, 0.15) is 30.2 Å². The molecular formula is C20H23N3O3S. The van der Waals surface area contributed by atoms with Crippen LogP contribution in [0, 0.1) is 6.92 Å². The second-order valence-corrected chi connectivity index (χ2v) is 8.64. The van der Waals surface area contributed by atoms with Crippen LogP contribution in [0.4, 0.5) is 0 Å². The molecule has 0 bridgehead atoms. The standard InChI is InChI=1S/C20H23N3O3S/c1-15-8-9-19(16-6-4-10-21-20(15)16)27(24,25)22-14-17(18-7-5-13-26-18)23-11-2-3-12-23/h4-10,13,17,22H,2-3,11-12,14H2,1H3. The van der Waals surface area contributed by atoms with Crippen LogP contribution in [-0.2, 0) is 10.0 Å². The number of hydrogen-bond donors (Lipinski definition) is 1. The third-order valence-electron chi connectivity index (χ3n) is 5.14. The van der Waals surface area contributed by atoms with Gasteiger partial charge in [0.1, 0.15) is 5.76 Å². The highest BCUT2D eigenvalue weighted by Crippen LogP contribution is 2.27. The molecule has 3 heterocycles. The lowest BCUT2D eigenvalue weighted by molar-refractivity contribution is 0.216. The summed E-state index contributed by atoms with van der Waals surface area (Å²) in [5, 5.41) is 0.640. The van der Waals surface area contributed by atoms with E-state index in [1.807, 2.05) is 19.1 Å². The molecule has 1 aliphatic rings. The Hall–Kier alpha value is -2.22. The van der Waals surface area contributed by atoms with Crippen molar-refractivity contribution in [1.29, 1.82) is 0 Å². The van der Waals surface area contributed by atoms with Crippen LogP contribution in [0.5, 0.6) is 0 Å². The Morgan fingerprint density at radius 2 is 2.00 bits per heavy atom. The number of likely N-dealkylation sites (tertiary alicyclic amines) is 1. The minimum Gasteiger partial charge on any atom is -0.468 e. The van der Waals surface area contributed by atoms with Gasteiger partial charge in [0.2, 0.25) is 10.0 Å². The number of benzene rings is 1. The number of nitrogens with one attached hydrogen (secondary N) is 1. The molecule has 4 rings (SSSR count). The molecule has 7 heteroatoms. The van der Waals surface area contributed by atoms with Crippen LogP contribution in [0.3, 0.4) is 0 Å². The van der Waals surface area contributed by atoms with E-state index in [-0.39, 0.29) is 17.5 Å². The van der Waals surface area contributed by atoms with E-state index >= 15 is 0 Å². The summed E-state index contributed by atoms with van der Waals surface area (Å²) in [6.07, 6.45) is 5.56. The Morgan fingerprint density at radius 1 is 1.19 bits per heavy atom. The monoisotopic (exact) mass is 385 g/mol. The predicted octanol–water partition coefficient (Wildman–Crippen LogP) is 3.25. The summed E-state index contributed by atoms with van der Waals surface area (Å²) >= 11 is 0. The van der Waals surface area contributed by atoms with Crippen molar-refractivity contribution in [2.75, 3.05) is 19.6 Å². The van der Waals surface area contributed by atoms with Crippen molar-refractivity contribution in [1.82, 2.24) is 14.6 Å². The van der Waals surface area contributed by atoms with Crippen molar-refractivity contribution in [3.05, 3.63) is 60.2 Å². The number of rotatable bonds is 6. The van der Waals surface area contributed by atoms with Crippen LogP contribution in [-0.4, -0.2) is 37.9 Å². The molecule has 1 unspecified atom stereocenters. The van der Waals surface area contributed by atoms with Gasteiger partial charge >= 0.3 is 0 Å². The average Bonchev–Trinajstić information content (AvgIpc) is 3.37. The minimum absolute atomic E-state index is 0.105. The van der Waals surface area contributed by atoms with Crippen LogP contribution in [0.2, 0.25) is 0 Å². The van der Waals surface area contributed by atoms with E-state index in [1.165, 1.54) is 0 Å². The quantitative estimate of drug-likeness (QED) is 0.705. The third kappa shape index (κ3) is 3.63.